The average molecular weight is 539 g/mol. The third-order valence-electron chi connectivity index (χ3n) is 6.02. The fourth-order valence-corrected chi connectivity index (χ4v) is 3.97. The van der Waals surface area contributed by atoms with Crippen LogP contribution in [0.15, 0.2) is 91.1 Å². The van der Waals surface area contributed by atoms with Crippen molar-refractivity contribution < 1.29 is 31.8 Å². The fraction of sp³-hybridized carbons (Fsp3) is 0.200. The van der Waals surface area contributed by atoms with Crippen molar-refractivity contribution in [3.63, 3.8) is 0 Å². The zero-order valence-electron chi connectivity index (χ0n) is 21.1. The Morgan fingerprint density at radius 2 is 1.67 bits per heavy atom. The molecule has 202 valence electrons. The van der Waals surface area contributed by atoms with Gasteiger partial charge in [0.15, 0.2) is 11.5 Å². The van der Waals surface area contributed by atoms with Crippen LogP contribution in [0.5, 0.6) is 11.5 Å². The van der Waals surface area contributed by atoms with E-state index in [-0.39, 0.29) is 13.1 Å². The highest BCUT2D eigenvalue weighted by molar-refractivity contribution is 5.94. The summed E-state index contributed by atoms with van der Waals surface area (Å²) in [6.07, 6.45) is -2.73. The van der Waals surface area contributed by atoms with Crippen molar-refractivity contribution in [1.29, 1.82) is 0 Å². The number of rotatable bonds is 10. The largest absolute Gasteiger partial charge is 0.493 e. The molecule has 0 saturated heterocycles. The highest BCUT2D eigenvalue weighted by atomic mass is 19.4. The monoisotopic (exact) mass is 538 g/mol. The Morgan fingerprint density at radius 1 is 0.897 bits per heavy atom. The van der Waals surface area contributed by atoms with Crippen LogP contribution in [0.3, 0.4) is 0 Å². The van der Waals surface area contributed by atoms with Crippen molar-refractivity contribution in [2.45, 2.75) is 25.7 Å². The van der Waals surface area contributed by atoms with Crippen molar-refractivity contribution in [1.82, 2.24) is 9.88 Å². The van der Waals surface area contributed by atoms with E-state index in [1.165, 1.54) is 12.0 Å². The van der Waals surface area contributed by atoms with Gasteiger partial charge in [0.25, 0.3) is 5.91 Å². The zero-order chi connectivity index (χ0) is 27.8. The van der Waals surface area contributed by atoms with Crippen LogP contribution in [0.1, 0.15) is 32.7 Å². The smallest absolute Gasteiger partial charge is 0.416 e. The maximum Gasteiger partial charge on any atom is 0.416 e. The van der Waals surface area contributed by atoms with Crippen molar-refractivity contribution >= 4 is 5.91 Å². The number of alkyl halides is 3. The second-order valence-electron chi connectivity index (χ2n) is 8.75. The normalized spacial score (nSPS) is 11.2. The van der Waals surface area contributed by atoms with Crippen LogP contribution in [0.25, 0.3) is 0 Å². The molecule has 0 aliphatic heterocycles. The first kappa shape index (κ1) is 27.6. The summed E-state index contributed by atoms with van der Waals surface area (Å²) in [5.74, 6) is -1.02. The highest BCUT2D eigenvalue weighted by Gasteiger charge is 2.32. The summed E-state index contributed by atoms with van der Waals surface area (Å²) >= 11 is 0. The summed E-state index contributed by atoms with van der Waals surface area (Å²) in [5.41, 5.74) is 0.755. The third-order valence-corrected chi connectivity index (χ3v) is 6.02. The van der Waals surface area contributed by atoms with Gasteiger partial charge in [-0.3, -0.25) is 9.78 Å². The fourth-order valence-electron chi connectivity index (χ4n) is 3.97. The average Bonchev–Trinajstić information content (AvgIpc) is 2.94. The Hall–Kier alpha value is -4.40. The number of carbonyl (C=O) groups excluding carboxylic acids is 1. The van der Waals surface area contributed by atoms with E-state index < -0.39 is 29.0 Å². The first-order chi connectivity index (χ1) is 18.7. The van der Waals surface area contributed by atoms with Crippen LogP contribution in [0, 0.1) is 5.82 Å². The molecule has 0 bridgehead atoms. The minimum Gasteiger partial charge on any atom is -0.493 e. The number of aromatic nitrogens is 1. The Labute approximate surface area is 223 Å². The second-order valence-corrected chi connectivity index (χ2v) is 8.75. The first-order valence-electron chi connectivity index (χ1n) is 12.1. The second kappa shape index (κ2) is 12.4. The molecule has 0 fully saturated rings. The molecule has 9 heteroatoms. The van der Waals surface area contributed by atoms with Crippen LogP contribution in [0.2, 0.25) is 0 Å². The van der Waals surface area contributed by atoms with Gasteiger partial charge < -0.3 is 14.4 Å². The van der Waals surface area contributed by atoms with Gasteiger partial charge in [-0.2, -0.15) is 13.2 Å². The Kier molecular flexibility index (Phi) is 8.81. The number of hydrogen-bond donors (Lipinski definition) is 0. The number of pyridine rings is 1. The number of carbonyl (C=O) groups is 1. The molecule has 0 aliphatic carbocycles. The maximum atomic E-state index is 14.7. The number of nitrogens with zero attached hydrogens (tertiary/aromatic N) is 2. The molecule has 3 aromatic carbocycles. The molecule has 0 N–H and O–H groups in total. The standard InChI is InChI=1S/C30H26F4N2O3/c1-38-28-17-22(10-13-27(28)39-20-21-7-3-2-4-8-21)19-36(16-14-24-9-5-6-15-35-24)29(37)25-12-11-23(18-26(25)31)30(32,33)34/h2-13,15,17-18H,14,16,19-20H2,1H3. The molecule has 0 spiro atoms. The minimum absolute atomic E-state index is 0.0570. The third kappa shape index (κ3) is 7.34. The van der Waals surface area contributed by atoms with Crippen molar-refractivity contribution in [3.05, 3.63) is 125 Å². The van der Waals surface area contributed by atoms with Gasteiger partial charge in [-0.25, -0.2) is 4.39 Å². The van der Waals surface area contributed by atoms with Gasteiger partial charge in [-0.15, -0.1) is 0 Å². The van der Waals surface area contributed by atoms with Crippen LogP contribution in [-0.2, 0) is 25.7 Å². The van der Waals surface area contributed by atoms with Gasteiger partial charge in [-0.05, 0) is 53.6 Å². The molecule has 4 rings (SSSR count). The lowest BCUT2D eigenvalue weighted by Gasteiger charge is -2.24. The molecule has 0 aliphatic rings. The molecule has 5 nitrogen and oxygen atoms in total. The summed E-state index contributed by atoms with van der Waals surface area (Å²) in [6.45, 7) is 0.546. The van der Waals surface area contributed by atoms with Crippen molar-refractivity contribution in [2.75, 3.05) is 13.7 Å². The van der Waals surface area contributed by atoms with Crippen molar-refractivity contribution in [2.24, 2.45) is 0 Å². The lowest BCUT2D eigenvalue weighted by molar-refractivity contribution is -0.137. The van der Waals surface area contributed by atoms with Crippen LogP contribution in [0.4, 0.5) is 17.6 Å². The predicted molar refractivity (Wildman–Crippen MR) is 138 cm³/mol. The molecule has 0 saturated carbocycles. The summed E-state index contributed by atoms with van der Waals surface area (Å²) in [7, 11) is 1.50. The van der Waals surface area contributed by atoms with Gasteiger partial charge >= 0.3 is 6.18 Å². The van der Waals surface area contributed by atoms with E-state index in [4.69, 9.17) is 9.47 Å². The van der Waals surface area contributed by atoms with E-state index in [0.29, 0.717) is 47.9 Å². The summed E-state index contributed by atoms with van der Waals surface area (Å²) < 4.78 is 65.1. The number of ether oxygens (including phenoxy) is 2. The predicted octanol–water partition coefficient (Wildman–Crippen LogP) is 6.71. The summed E-state index contributed by atoms with van der Waals surface area (Å²) in [5, 5.41) is 0. The van der Waals surface area contributed by atoms with E-state index >= 15 is 0 Å². The first-order valence-corrected chi connectivity index (χ1v) is 12.1. The topological polar surface area (TPSA) is 51.7 Å². The maximum absolute atomic E-state index is 14.7. The molecule has 39 heavy (non-hydrogen) atoms. The van der Waals surface area contributed by atoms with E-state index in [2.05, 4.69) is 4.98 Å². The van der Waals surface area contributed by atoms with E-state index in [1.807, 2.05) is 36.4 Å². The molecule has 0 atom stereocenters. The summed E-state index contributed by atoms with van der Waals surface area (Å²) in [4.78, 5) is 19.0. The van der Waals surface area contributed by atoms with Gasteiger partial charge in [-0.1, -0.05) is 42.5 Å². The van der Waals surface area contributed by atoms with Gasteiger partial charge in [0, 0.05) is 31.4 Å². The van der Waals surface area contributed by atoms with Crippen molar-refractivity contribution in [3.8, 4) is 11.5 Å². The molecule has 4 aromatic rings. The van der Waals surface area contributed by atoms with Crippen LogP contribution < -0.4 is 9.47 Å². The van der Waals surface area contributed by atoms with Gasteiger partial charge in [0.1, 0.15) is 12.4 Å². The zero-order valence-corrected chi connectivity index (χ0v) is 21.1. The number of methoxy groups -OCH3 is 1. The number of benzene rings is 3. The Bertz CT molecular complexity index is 1400. The van der Waals surface area contributed by atoms with Crippen LogP contribution >= 0.6 is 0 Å². The SMILES string of the molecule is COc1cc(CN(CCc2ccccn2)C(=O)c2ccc(C(F)(F)F)cc2F)ccc1OCc1ccccc1. The minimum atomic E-state index is -4.72. The molecule has 0 radical (unpaired) electrons. The number of amides is 1. The van der Waals surface area contributed by atoms with E-state index in [0.717, 1.165) is 11.6 Å². The van der Waals surface area contributed by atoms with E-state index in [9.17, 15) is 22.4 Å². The molecule has 0 unspecified atom stereocenters. The van der Waals surface area contributed by atoms with Gasteiger partial charge in [0.2, 0.25) is 0 Å². The quantitative estimate of drug-likeness (QED) is 0.211. The van der Waals surface area contributed by atoms with E-state index in [1.54, 1.807) is 36.5 Å². The molecular weight excluding hydrogens is 512 g/mol. The van der Waals surface area contributed by atoms with Gasteiger partial charge in [0.05, 0.1) is 18.2 Å². The Balaban J connectivity index is 1.56. The number of hydrogen-bond acceptors (Lipinski definition) is 4. The van der Waals surface area contributed by atoms with Crippen LogP contribution in [-0.4, -0.2) is 29.4 Å². The molecule has 1 amide bonds. The lowest BCUT2D eigenvalue weighted by Crippen LogP contribution is -2.33. The highest BCUT2D eigenvalue weighted by Crippen LogP contribution is 2.32. The Morgan fingerprint density at radius 3 is 2.33 bits per heavy atom. The molecule has 1 heterocycles. The molecular formula is C30H26F4N2O3. The molecule has 1 aromatic heterocycles. The summed E-state index contributed by atoms with van der Waals surface area (Å²) in [6, 6.07) is 22.1. The number of halogens is 4. The lowest BCUT2D eigenvalue weighted by atomic mass is 10.1.